The molecule has 0 aliphatic carbocycles. The maximum Gasteiger partial charge on any atom is 0.322 e. The number of carbonyl (C=O) groups excluding carboxylic acids is 2. The number of methoxy groups -OCH3 is 1. The molecule has 0 aromatic heterocycles. The minimum absolute atomic E-state index is 0.260. The van der Waals surface area contributed by atoms with E-state index >= 15 is 0 Å². The third-order valence-electron chi connectivity index (χ3n) is 4.10. The van der Waals surface area contributed by atoms with Gasteiger partial charge in [-0.2, -0.15) is 0 Å². The van der Waals surface area contributed by atoms with E-state index in [0.29, 0.717) is 12.3 Å². The predicted molar refractivity (Wildman–Crippen MR) is 98.8 cm³/mol. The van der Waals surface area contributed by atoms with Crippen LogP contribution in [0.25, 0.3) is 6.08 Å². The van der Waals surface area contributed by atoms with Crippen molar-refractivity contribution in [2.24, 2.45) is 10.9 Å². The second-order valence-electron chi connectivity index (χ2n) is 5.95. The molecule has 2 aromatic carbocycles. The fraction of sp³-hybridized carbons (Fsp3) is 0.190. The SMILES string of the molecule is COC(=O)C1C(=O)/C(=C\c2ccc(OCc3ccccc3)cc2)N=C1C. The Kier molecular flexibility index (Phi) is 5.27. The Labute approximate surface area is 152 Å². The van der Waals surface area contributed by atoms with Crippen molar-refractivity contribution < 1.29 is 19.1 Å². The van der Waals surface area contributed by atoms with E-state index in [1.807, 2.05) is 54.6 Å². The molecule has 1 atom stereocenters. The quantitative estimate of drug-likeness (QED) is 0.471. The van der Waals surface area contributed by atoms with Gasteiger partial charge < -0.3 is 9.47 Å². The van der Waals surface area contributed by atoms with E-state index in [1.54, 1.807) is 13.0 Å². The summed E-state index contributed by atoms with van der Waals surface area (Å²) >= 11 is 0. The fourth-order valence-corrected chi connectivity index (χ4v) is 2.71. The van der Waals surface area contributed by atoms with Crippen molar-refractivity contribution >= 4 is 23.5 Å². The minimum Gasteiger partial charge on any atom is -0.489 e. The Balaban J connectivity index is 1.68. The zero-order valence-electron chi connectivity index (χ0n) is 14.6. The van der Waals surface area contributed by atoms with Gasteiger partial charge in [0.1, 0.15) is 18.1 Å². The van der Waals surface area contributed by atoms with Crippen LogP contribution in [0, 0.1) is 5.92 Å². The van der Waals surface area contributed by atoms with E-state index in [2.05, 4.69) is 9.73 Å². The number of aliphatic imine (C=N–C) groups is 1. The third kappa shape index (κ3) is 3.88. The summed E-state index contributed by atoms with van der Waals surface area (Å²) in [5, 5.41) is 0. The Bertz CT molecular complexity index is 867. The van der Waals surface area contributed by atoms with Crippen molar-refractivity contribution in [3.05, 3.63) is 71.4 Å². The molecule has 1 aliphatic heterocycles. The van der Waals surface area contributed by atoms with Gasteiger partial charge in [0.25, 0.3) is 0 Å². The number of carbonyl (C=O) groups is 2. The van der Waals surface area contributed by atoms with Gasteiger partial charge in [-0.3, -0.25) is 14.6 Å². The predicted octanol–water partition coefficient (Wildman–Crippen LogP) is 3.44. The van der Waals surface area contributed by atoms with Crippen LogP contribution in [0.5, 0.6) is 5.75 Å². The summed E-state index contributed by atoms with van der Waals surface area (Å²) < 4.78 is 10.4. The van der Waals surface area contributed by atoms with Crippen LogP contribution in [0.1, 0.15) is 18.1 Å². The second kappa shape index (κ2) is 7.78. The maximum atomic E-state index is 12.3. The summed E-state index contributed by atoms with van der Waals surface area (Å²) in [7, 11) is 1.26. The normalized spacial score (nSPS) is 17.9. The number of Topliss-reactive ketones (excluding diaryl/α,β-unsaturated/α-hetero) is 1. The first kappa shape index (κ1) is 17.6. The van der Waals surface area contributed by atoms with Crippen LogP contribution in [0.2, 0.25) is 0 Å². The Hall–Kier alpha value is -3.21. The van der Waals surface area contributed by atoms with Gasteiger partial charge in [-0.1, -0.05) is 42.5 Å². The lowest BCUT2D eigenvalue weighted by Gasteiger charge is -2.06. The summed E-state index contributed by atoms with van der Waals surface area (Å²) in [4.78, 5) is 28.2. The average Bonchev–Trinajstić information content (AvgIpc) is 2.94. The molecule has 5 heteroatoms. The Morgan fingerprint density at radius 1 is 1.12 bits per heavy atom. The smallest absolute Gasteiger partial charge is 0.322 e. The molecule has 1 heterocycles. The highest BCUT2D eigenvalue weighted by molar-refractivity contribution is 6.28. The molecule has 0 saturated heterocycles. The van der Waals surface area contributed by atoms with E-state index in [4.69, 9.17) is 4.74 Å². The molecule has 26 heavy (non-hydrogen) atoms. The number of rotatable bonds is 5. The monoisotopic (exact) mass is 349 g/mol. The summed E-state index contributed by atoms with van der Waals surface area (Å²) in [6.07, 6.45) is 1.66. The molecule has 0 radical (unpaired) electrons. The van der Waals surface area contributed by atoms with Gasteiger partial charge in [-0.25, -0.2) is 0 Å². The van der Waals surface area contributed by atoms with Crippen molar-refractivity contribution in [1.82, 2.24) is 0 Å². The standard InChI is InChI=1S/C21H19NO4/c1-14-19(21(24)25-2)20(23)18(22-14)12-15-8-10-17(11-9-15)26-13-16-6-4-3-5-7-16/h3-12,19H,13H2,1-2H3/b18-12+. The number of hydrogen-bond acceptors (Lipinski definition) is 5. The number of nitrogens with zero attached hydrogens (tertiary/aromatic N) is 1. The first-order valence-corrected chi connectivity index (χ1v) is 8.24. The van der Waals surface area contributed by atoms with Crippen LogP contribution in [0.4, 0.5) is 0 Å². The van der Waals surface area contributed by atoms with Crippen LogP contribution in [0.3, 0.4) is 0 Å². The van der Waals surface area contributed by atoms with Gasteiger partial charge in [0.2, 0.25) is 5.78 Å². The van der Waals surface area contributed by atoms with E-state index < -0.39 is 11.9 Å². The molecule has 5 nitrogen and oxygen atoms in total. The van der Waals surface area contributed by atoms with Crippen LogP contribution < -0.4 is 4.74 Å². The van der Waals surface area contributed by atoms with Crippen molar-refractivity contribution in [2.75, 3.05) is 7.11 Å². The average molecular weight is 349 g/mol. The van der Waals surface area contributed by atoms with Crippen LogP contribution in [0.15, 0.2) is 65.3 Å². The summed E-state index contributed by atoms with van der Waals surface area (Å²) in [5.74, 6) is -1.11. The van der Waals surface area contributed by atoms with E-state index in [9.17, 15) is 9.59 Å². The van der Waals surface area contributed by atoms with Gasteiger partial charge >= 0.3 is 5.97 Å². The van der Waals surface area contributed by atoms with Gasteiger partial charge in [0, 0.05) is 5.71 Å². The van der Waals surface area contributed by atoms with Crippen LogP contribution in [-0.4, -0.2) is 24.6 Å². The summed E-state index contributed by atoms with van der Waals surface area (Å²) in [6, 6.07) is 17.3. The fourth-order valence-electron chi connectivity index (χ4n) is 2.71. The summed E-state index contributed by atoms with van der Waals surface area (Å²) in [6.45, 7) is 2.14. The maximum absolute atomic E-state index is 12.3. The number of hydrogen-bond donors (Lipinski definition) is 0. The number of allylic oxidation sites excluding steroid dienone is 1. The molecule has 0 amide bonds. The Morgan fingerprint density at radius 3 is 2.46 bits per heavy atom. The molecule has 0 bridgehead atoms. The number of esters is 1. The van der Waals surface area contributed by atoms with Gasteiger partial charge in [0.15, 0.2) is 5.92 Å². The number of ketones is 1. The highest BCUT2D eigenvalue weighted by Crippen LogP contribution is 2.24. The Morgan fingerprint density at radius 2 is 1.81 bits per heavy atom. The first-order chi connectivity index (χ1) is 12.6. The molecule has 1 aliphatic rings. The van der Waals surface area contributed by atoms with Crippen molar-refractivity contribution in [1.29, 1.82) is 0 Å². The largest absolute Gasteiger partial charge is 0.489 e. The lowest BCUT2D eigenvalue weighted by Crippen LogP contribution is -2.27. The van der Waals surface area contributed by atoms with E-state index in [0.717, 1.165) is 16.9 Å². The lowest BCUT2D eigenvalue weighted by atomic mass is 10.0. The van der Waals surface area contributed by atoms with Gasteiger partial charge in [-0.15, -0.1) is 0 Å². The molecular formula is C21H19NO4. The topological polar surface area (TPSA) is 65.0 Å². The molecular weight excluding hydrogens is 330 g/mol. The zero-order valence-corrected chi connectivity index (χ0v) is 14.6. The third-order valence-corrected chi connectivity index (χ3v) is 4.10. The van der Waals surface area contributed by atoms with E-state index in [-0.39, 0.29) is 11.5 Å². The van der Waals surface area contributed by atoms with Crippen molar-refractivity contribution in [2.45, 2.75) is 13.5 Å². The molecule has 0 saturated carbocycles. The highest BCUT2D eigenvalue weighted by Gasteiger charge is 2.37. The molecule has 0 spiro atoms. The number of ether oxygens (including phenoxy) is 2. The lowest BCUT2D eigenvalue weighted by molar-refractivity contribution is -0.145. The molecule has 132 valence electrons. The van der Waals surface area contributed by atoms with Crippen molar-refractivity contribution in [3.63, 3.8) is 0 Å². The first-order valence-electron chi connectivity index (χ1n) is 8.24. The van der Waals surface area contributed by atoms with Crippen molar-refractivity contribution in [3.8, 4) is 5.75 Å². The summed E-state index contributed by atoms with van der Waals surface area (Å²) in [5.41, 5.74) is 2.61. The molecule has 1 unspecified atom stereocenters. The van der Waals surface area contributed by atoms with Gasteiger partial charge in [-0.05, 0) is 36.3 Å². The van der Waals surface area contributed by atoms with E-state index in [1.165, 1.54) is 7.11 Å². The van der Waals surface area contributed by atoms with Gasteiger partial charge in [0.05, 0.1) is 7.11 Å². The molecule has 0 N–H and O–H groups in total. The number of benzene rings is 2. The molecule has 0 fully saturated rings. The second-order valence-corrected chi connectivity index (χ2v) is 5.95. The highest BCUT2D eigenvalue weighted by atomic mass is 16.5. The van der Waals surface area contributed by atoms with Crippen LogP contribution >= 0.6 is 0 Å². The minimum atomic E-state index is -0.931. The molecule has 3 rings (SSSR count). The zero-order chi connectivity index (χ0) is 18.5. The van der Waals surface area contributed by atoms with Crippen LogP contribution in [-0.2, 0) is 20.9 Å². The molecule has 2 aromatic rings.